The second-order valence-corrected chi connectivity index (χ2v) is 7.46. The normalized spacial score (nSPS) is 21.0. The van der Waals surface area contributed by atoms with E-state index in [-0.39, 0.29) is 17.8 Å². The summed E-state index contributed by atoms with van der Waals surface area (Å²) in [5.41, 5.74) is 0.725. The van der Waals surface area contributed by atoms with Crippen LogP contribution in [0.5, 0.6) is 0 Å². The van der Waals surface area contributed by atoms with E-state index in [2.05, 4.69) is 19.7 Å². The fraction of sp³-hybridized carbons (Fsp3) is 0.550. The number of carbonyl (C=O) groups excluding carboxylic acids is 1. The van der Waals surface area contributed by atoms with Crippen LogP contribution in [0.25, 0.3) is 0 Å². The zero-order valence-corrected chi connectivity index (χ0v) is 15.8. The molecule has 6 nitrogen and oxygen atoms in total. The molecule has 7 heteroatoms. The van der Waals surface area contributed by atoms with Crippen molar-refractivity contribution in [1.82, 2.24) is 24.6 Å². The van der Waals surface area contributed by atoms with E-state index in [1.807, 2.05) is 17.0 Å². The molecule has 144 valence electrons. The first kappa shape index (κ1) is 18.1. The van der Waals surface area contributed by atoms with Crippen molar-refractivity contribution >= 4 is 5.91 Å². The van der Waals surface area contributed by atoms with Gasteiger partial charge in [0, 0.05) is 45.1 Å². The van der Waals surface area contributed by atoms with Crippen molar-refractivity contribution < 1.29 is 9.18 Å². The van der Waals surface area contributed by atoms with Crippen molar-refractivity contribution in [3.8, 4) is 0 Å². The molecule has 1 fully saturated rings. The summed E-state index contributed by atoms with van der Waals surface area (Å²) < 4.78 is 16.4. The average molecular weight is 371 g/mol. The Hall–Kier alpha value is -2.28. The minimum Gasteiger partial charge on any atom is -0.341 e. The van der Waals surface area contributed by atoms with E-state index >= 15 is 0 Å². The van der Waals surface area contributed by atoms with Crippen LogP contribution >= 0.6 is 0 Å². The first-order valence-corrected chi connectivity index (χ1v) is 9.78. The third-order valence-corrected chi connectivity index (χ3v) is 5.74. The smallest absolute Gasteiger partial charge is 0.219 e. The van der Waals surface area contributed by atoms with Gasteiger partial charge in [-0.2, -0.15) is 0 Å². The van der Waals surface area contributed by atoms with Crippen LogP contribution in [-0.4, -0.2) is 50.1 Å². The predicted octanol–water partition coefficient (Wildman–Crippen LogP) is 2.55. The molecule has 2 aliphatic rings. The zero-order valence-electron chi connectivity index (χ0n) is 15.8. The highest BCUT2D eigenvalue weighted by Gasteiger charge is 2.31. The van der Waals surface area contributed by atoms with Crippen molar-refractivity contribution in [3.63, 3.8) is 0 Å². The minimum absolute atomic E-state index is 0.106. The zero-order chi connectivity index (χ0) is 18.8. The number of nitrogens with zero attached hydrogens (tertiary/aromatic N) is 5. The first-order valence-electron chi connectivity index (χ1n) is 9.78. The van der Waals surface area contributed by atoms with Gasteiger partial charge in [0.1, 0.15) is 17.5 Å². The molecule has 1 saturated heterocycles. The van der Waals surface area contributed by atoms with Crippen LogP contribution in [0.3, 0.4) is 0 Å². The molecule has 2 aliphatic heterocycles. The molecule has 27 heavy (non-hydrogen) atoms. The number of carbonyl (C=O) groups is 1. The minimum atomic E-state index is -0.154. The Labute approximate surface area is 159 Å². The van der Waals surface area contributed by atoms with Gasteiger partial charge in [-0.15, -0.1) is 10.2 Å². The van der Waals surface area contributed by atoms with Crippen LogP contribution in [-0.2, 0) is 24.3 Å². The van der Waals surface area contributed by atoms with Gasteiger partial charge in [0.15, 0.2) is 0 Å². The Balaban J connectivity index is 1.58. The van der Waals surface area contributed by atoms with E-state index in [0.717, 1.165) is 56.0 Å². The Morgan fingerprint density at radius 1 is 1.15 bits per heavy atom. The maximum Gasteiger partial charge on any atom is 0.219 e. The number of hydrogen-bond acceptors (Lipinski definition) is 4. The Morgan fingerprint density at radius 2 is 2.00 bits per heavy atom. The van der Waals surface area contributed by atoms with Gasteiger partial charge >= 0.3 is 0 Å². The molecular weight excluding hydrogens is 345 g/mol. The standard InChI is InChI=1S/C20H26FN5O/c1-15(27)24-11-9-19-22-23-20(26(19)13-12-24)18-8-4-5-10-25(18)14-16-6-2-3-7-17(16)21/h2-3,6-7,18H,4-5,8-14H2,1H3. The Bertz CT molecular complexity index is 820. The van der Waals surface area contributed by atoms with E-state index in [4.69, 9.17) is 0 Å². The molecule has 4 rings (SSSR count). The number of halogens is 1. The van der Waals surface area contributed by atoms with E-state index < -0.39 is 0 Å². The van der Waals surface area contributed by atoms with Gasteiger partial charge in [0.25, 0.3) is 0 Å². The molecule has 0 bridgehead atoms. The lowest BCUT2D eigenvalue weighted by Crippen LogP contribution is -2.35. The average Bonchev–Trinajstić information content (AvgIpc) is 2.94. The molecule has 3 heterocycles. The number of hydrogen-bond donors (Lipinski definition) is 0. The molecule has 1 aromatic heterocycles. The lowest BCUT2D eigenvalue weighted by molar-refractivity contribution is -0.128. The molecule has 0 radical (unpaired) electrons. The van der Waals surface area contributed by atoms with Crippen LogP contribution in [0.2, 0.25) is 0 Å². The summed E-state index contributed by atoms with van der Waals surface area (Å²) in [4.78, 5) is 15.9. The summed E-state index contributed by atoms with van der Waals surface area (Å²) in [5, 5.41) is 8.94. The maximum atomic E-state index is 14.2. The molecule has 1 atom stereocenters. The fourth-order valence-corrected chi connectivity index (χ4v) is 4.22. The van der Waals surface area contributed by atoms with Crippen molar-refractivity contribution in [2.45, 2.75) is 51.7 Å². The van der Waals surface area contributed by atoms with Gasteiger partial charge in [-0.25, -0.2) is 4.39 Å². The number of benzene rings is 1. The molecule has 0 aliphatic carbocycles. The van der Waals surface area contributed by atoms with E-state index in [9.17, 15) is 9.18 Å². The fourth-order valence-electron chi connectivity index (χ4n) is 4.22. The number of likely N-dealkylation sites (tertiary alicyclic amines) is 1. The highest BCUT2D eigenvalue weighted by atomic mass is 19.1. The number of aromatic nitrogens is 3. The van der Waals surface area contributed by atoms with Gasteiger partial charge in [-0.1, -0.05) is 24.6 Å². The van der Waals surface area contributed by atoms with Crippen molar-refractivity contribution in [1.29, 1.82) is 0 Å². The van der Waals surface area contributed by atoms with Gasteiger partial charge in [0.05, 0.1) is 6.04 Å². The Kier molecular flexibility index (Phi) is 5.20. The first-order chi connectivity index (χ1) is 13.1. The van der Waals surface area contributed by atoms with E-state index in [0.29, 0.717) is 19.6 Å². The second-order valence-electron chi connectivity index (χ2n) is 7.46. The van der Waals surface area contributed by atoms with Crippen molar-refractivity contribution in [2.24, 2.45) is 0 Å². The number of piperidine rings is 1. The molecule has 0 saturated carbocycles. The summed E-state index contributed by atoms with van der Waals surface area (Å²) >= 11 is 0. The molecule has 1 amide bonds. The largest absolute Gasteiger partial charge is 0.341 e. The van der Waals surface area contributed by atoms with Crippen LogP contribution in [0.15, 0.2) is 24.3 Å². The molecule has 0 N–H and O–H groups in total. The highest BCUT2D eigenvalue weighted by molar-refractivity contribution is 5.73. The molecule has 2 aromatic rings. The van der Waals surface area contributed by atoms with Gasteiger partial charge in [-0.05, 0) is 25.5 Å². The summed E-state index contributed by atoms with van der Waals surface area (Å²) in [6.07, 6.45) is 3.99. The molecule has 0 spiro atoms. The third kappa shape index (κ3) is 3.74. The summed E-state index contributed by atoms with van der Waals surface area (Å²) in [5.74, 6) is 1.87. The van der Waals surface area contributed by atoms with Gasteiger partial charge in [-0.3, -0.25) is 9.69 Å². The predicted molar refractivity (Wildman–Crippen MR) is 99.4 cm³/mol. The quantitative estimate of drug-likeness (QED) is 0.832. The molecule has 1 unspecified atom stereocenters. The topological polar surface area (TPSA) is 54.3 Å². The molecular formula is C20H26FN5O. The van der Waals surface area contributed by atoms with E-state index in [1.165, 1.54) is 6.07 Å². The summed E-state index contributed by atoms with van der Waals surface area (Å²) in [7, 11) is 0. The second kappa shape index (κ2) is 7.76. The van der Waals surface area contributed by atoms with E-state index in [1.54, 1.807) is 13.0 Å². The SMILES string of the molecule is CC(=O)N1CCc2nnc(C3CCCCN3Cc3ccccc3F)n2CC1. The maximum absolute atomic E-state index is 14.2. The molecule has 1 aromatic carbocycles. The highest BCUT2D eigenvalue weighted by Crippen LogP contribution is 2.32. The lowest BCUT2D eigenvalue weighted by Gasteiger charge is -2.35. The van der Waals surface area contributed by atoms with Gasteiger partial charge < -0.3 is 9.47 Å². The van der Waals surface area contributed by atoms with Crippen LogP contribution in [0, 0.1) is 5.82 Å². The number of fused-ring (bicyclic) bond motifs is 1. The summed E-state index contributed by atoms with van der Waals surface area (Å²) in [6.45, 7) is 5.23. The van der Waals surface area contributed by atoms with Crippen LogP contribution in [0.1, 0.15) is 49.4 Å². The van der Waals surface area contributed by atoms with Crippen molar-refractivity contribution in [2.75, 3.05) is 19.6 Å². The Morgan fingerprint density at radius 3 is 2.81 bits per heavy atom. The monoisotopic (exact) mass is 371 g/mol. The third-order valence-electron chi connectivity index (χ3n) is 5.74. The number of amides is 1. The van der Waals surface area contributed by atoms with Crippen LogP contribution < -0.4 is 0 Å². The summed E-state index contributed by atoms with van der Waals surface area (Å²) in [6, 6.07) is 7.13. The van der Waals surface area contributed by atoms with Crippen molar-refractivity contribution in [3.05, 3.63) is 47.3 Å². The number of rotatable bonds is 3. The van der Waals surface area contributed by atoms with Gasteiger partial charge in [0.2, 0.25) is 5.91 Å². The van der Waals surface area contributed by atoms with Crippen LogP contribution in [0.4, 0.5) is 4.39 Å². The lowest BCUT2D eigenvalue weighted by atomic mass is 10.00.